The van der Waals surface area contributed by atoms with Crippen molar-refractivity contribution in [1.29, 1.82) is 0 Å². The van der Waals surface area contributed by atoms with Crippen molar-refractivity contribution in [2.75, 3.05) is 20.3 Å². The lowest BCUT2D eigenvalue weighted by Gasteiger charge is -2.42. The molecule has 5 heteroatoms. The minimum atomic E-state index is -0.0646. The lowest BCUT2D eigenvalue weighted by molar-refractivity contribution is -0.107. The number of hydrogen-bond acceptors (Lipinski definition) is 4. The summed E-state index contributed by atoms with van der Waals surface area (Å²) in [5.74, 6) is 0.835. The molecule has 1 aromatic carbocycles. The molecule has 2 N–H and O–H groups in total. The van der Waals surface area contributed by atoms with Gasteiger partial charge in [-0.3, -0.25) is 0 Å². The molecule has 0 amide bonds. The molecule has 0 aromatic heterocycles. The van der Waals surface area contributed by atoms with Crippen LogP contribution < -0.4 is 10.5 Å². The van der Waals surface area contributed by atoms with Crippen molar-refractivity contribution in [2.45, 2.75) is 31.6 Å². The van der Waals surface area contributed by atoms with Crippen molar-refractivity contribution in [3.05, 3.63) is 28.8 Å². The van der Waals surface area contributed by atoms with Crippen LogP contribution in [0.2, 0.25) is 5.02 Å². The van der Waals surface area contributed by atoms with Crippen LogP contribution in [0.5, 0.6) is 5.75 Å². The third-order valence-electron chi connectivity index (χ3n) is 3.31. The Kier molecular flexibility index (Phi) is 5.05. The summed E-state index contributed by atoms with van der Waals surface area (Å²) in [4.78, 5) is 0. The molecular formula is C14H20ClNO3. The summed E-state index contributed by atoms with van der Waals surface area (Å²) in [6, 6.07) is 5.63. The van der Waals surface area contributed by atoms with Crippen molar-refractivity contribution in [3.63, 3.8) is 0 Å². The minimum Gasteiger partial charge on any atom is -0.487 e. The van der Waals surface area contributed by atoms with E-state index < -0.39 is 0 Å². The van der Waals surface area contributed by atoms with Crippen molar-refractivity contribution >= 4 is 11.6 Å². The molecule has 1 aliphatic carbocycles. The summed E-state index contributed by atoms with van der Waals surface area (Å²) in [7, 11) is 1.65. The predicted molar refractivity (Wildman–Crippen MR) is 74.8 cm³/mol. The maximum absolute atomic E-state index is 5.95. The first-order valence-electron chi connectivity index (χ1n) is 6.40. The lowest BCUT2D eigenvalue weighted by atomic mass is 9.86. The van der Waals surface area contributed by atoms with Gasteiger partial charge in [-0.05, 0) is 30.7 Å². The van der Waals surface area contributed by atoms with Crippen LogP contribution in [0.25, 0.3) is 0 Å². The van der Waals surface area contributed by atoms with E-state index in [1.165, 1.54) is 0 Å². The molecule has 2 rings (SSSR count). The fraction of sp³-hybridized carbons (Fsp3) is 0.571. The monoisotopic (exact) mass is 285 g/mol. The van der Waals surface area contributed by atoms with Gasteiger partial charge in [-0.15, -0.1) is 0 Å². The predicted octanol–water partition coefficient (Wildman–Crippen LogP) is 2.16. The number of benzene rings is 1. The summed E-state index contributed by atoms with van der Waals surface area (Å²) in [5, 5.41) is 0.711. The molecule has 0 saturated heterocycles. The Morgan fingerprint density at radius 3 is 2.79 bits per heavy atom. The second kappa shape index (κ2) is 6.57. The number of rotatable bonds is 6. The van der Waals surface area contributed by atoms with E-state index in [1.807, 2.05) is 25.1 Å². The standard InChI is InChI=1S/C14H20ClNO3/c1-9-7-10(15)3-4-12(9)19-13-8-11(16)14(13)18-6-5-17-2/h3-4,7,11,13-14H,5-6,8,16H2,1-2H3. The van der Waals surface area contributed by atoms with Crippen LogP contribution >= 0.6 is 11.6 Å². The van der Waals surface area contributed by atoms with Gasteiger partial charge in [-0.25, -0.2) is 0 Å². The molecule has 1 fully saturated rings. The molecule has 3 unspecified atom stereocenters. The Morgan fingerprint density at radius 2 is 2.16 bits per heavy atom. The van der Waals surface area contributed by atoms with Gasteiger partial charge >= 0.3 is 0 Å². The van der Waals surface area contributed by atoms with Crippen LogP contribution in [0.1, 0.15) is 12.0 Å². The van der Waals surface area contributed by atoms with Crippen LogP contribution in [-0.2, 0) is 9.47 Å². The first-order chi connectivity index (χ1) is 9.11. The SMILES string of the molecule is COCCOC1C(N)CC1Oc1ccc(Cl)cc1C. The van der Waals surface area contributed by atoms with E-state index in [-0.39, 0.29) is 18.2 Å². The van der Waals surface area contributed by atoms with Gasteiger partial charge in [-0.1, -0.05) is 11.6 Å². The van der Waals surface area contributed by atoms with E-state index in [0.717, 1.165) is 17.7 Å². The number of nitrogens with two attached hydrogens (primary N) is 1. The van der Waals surface area contributed by atoms with Gasteiger partial charge in [0.1, 0.15) is 18.0 Å². The Hall–Kier alpha value is -0.810. The van der Waals surface area contributed by atoms with Gasteiger partial charge in [-0.2, -0.15) is 0 Å². The lowest BCUT2D eigenvalue weighted by Crippen LogP contribution is -2.59. The Bertz CT molecular complexity index is 427. The number of ether oxygens (including phenoxy) is 3. The number of methoxy groups -OCH3 is 1. The average Bonchev–Trinajstić information content (AvgIpc) is 2.37. The first-order valence-corrected chi connectivity index (χ1v) is 6.78. The maximum Gasteiger partial charge on any atom is 0.128 e. The van der Waals surface area contributed by atoms with Crippen LogP contribution in [0, 0.1) is 6.92 Å². The molecule has 1 aromatic rings. The number of halogens is 1. The quantitative estimate of drug-likeness (QED) is 0.814. The minimum absolute atomic E-state index is 0.00623. The normalized spacial score (nSPS) is 26.0. The summed E-state index contributed by atoms with van der Waals surface area (Å²) < 4.78 is 16.6. The highest BCUT2D eigenvalue weighted by Gasteiger charge is 2.41. The third kappa shape index (κ3) is 3.60. The number of hydrogen-bond donors (Lipinski definition) is 1. The van der Waals surface area contributed by atoms with Gasteiger partial charge in [0.15, 0.2) is 0 Å². The fourth-order valence-corrected chi connectivity index (χ4v) is 2.36. The largest absolute Gasteiger partial charge is 0.487 e. The van der Waals surface area contributed by atoms with Crippen molar-refractivity contribution in [1.82, 2.24) is 0 Å². The molecule has 3 atom stereocenters. The maximum atomic E-state index is 5.95. The summed E-state index contributed by atoms with van der Waals surface area (Å²) in [5.41, 5.74) is 6.96. The molecule has 1 aliphatic rings. The van der Waals surface area contributed by atoms with Crippen LogP contribution in [0.3, 0.4) is 0 Å². The molecule has 0 heterocycles. The van der Waals surface area contributed by atoms with Crippen molar-refractivity contribution in [3.8, 4) is 5.75 Å². The molecule has 4 nitrogen and oxygen atoms in total. The smallest absolute Gasteiger partial charge is 0.128 e. The van der Waals surface area contributed by atoms with E-state index in [0.29, 0.717) is 18.2 Å². The van der Waals surface area contributed by atoms with Gasteiger partial charge < -0.3 is 19.9 Å². The van der Waals surface area contributed by atoms with E-state index in [2.05, 4.69) is 0 Å². The fourth-order valence-electron chi connectivity index (χ4n) is 2.14. The Morgan fingerprint density at radius 1 is 1.37 bits per heavy atom. The summed E-state index contributed by atoms with van der Waals surface area (Å²) in [6.07, 6.45) is 0.747. The van der Waals surface area contributed by atoms with Crippen molar-refractivity contribution < 1.29 is 14.2 Å². The third-order valence-corrected chi connectivity index (χ3v) is 3.54. The molecule has 0 bridgehead atoms. The van der Waals surface area contributed by atoms with E-state index in [9.17, 15) is 0 Å². The van der Waals surface area contributed by atoms with Crippen LogP contribution in [-0.4, -0.2) is 38.6 Å². The average molecular weight is 286 g/mol. The molecule has 106 valence electrons. The van der Waals surface area contributed by atoms with Gasteiger partial charge in [0, 0.05) is 24.6 Å². The number of aryl methyl sites for hydroxylation is 1. The van der Waals surface area contributed by atoms with E-state index in [4.69, 9.17) is 31.5 Å². The van der Waals surface area contributed by atoms with Crippen LogP contribution in [0.15, 0.2) is 18.2 Å². The highest BCUT2D eigenvalue weighted by Crippen LogP contribution is 2.30. The topological polar surface area (TPSA) is 53.7 Å². The Balaban J connectivity index is 1.91. The van der Waals surface area contributed by atoms with Gasteiger partial charge in [0.2, 0.25) is 0 Å². The van der Waals surface area contributed by atoms with E-state index >= 15 is 0 Å². The zero-order valence-electron chi connectivity index (χ0n) is 11.3. The molecule has 1 saturated carbocycles. The summed E-state index contributed by atoms with van der Waals surface area (Å²) >= 11 is 5.92. The second-order valence-electron chi connectivity index (χ2n) is 4.79. The molecular weight excluding hydrogens is 266 g/mol. The van der Waals surface area contributed by atoms with E-state index in [1.54, 1.807) is 7.11 Å². The zero-order valence-corrected chi connectivity index (χ0v) is 12.0. The highest BCUT2D eigenvalue weighted by atomic mass is 35.5. The zero-order chi connectivity index (χ0) is 13.8. The van der Waals surface area contributed by atoms with Gasteiger partial charge in [0.25, 0.3) is 0 Å². The first kappa shape index (κ1) is 14.6. The summed E-state index contributed by atoms with van der Waals surface area (Å²) in [6.45, 7) is 3.07. The van der Waals surface area contributed by atoms with Crippen molar-refractivity contribution in [2.24, 2.45) is 5.73 Å². The highest BCUT2D eigenvalue weighted by molar-refractivity contribution is 6.30. The second-order valence-corrected chi connectivity index (χ2v) is 5.23. The molecule has 0 aliphatic heterocycles. The molecule has 19 heavy (non-hydrogen) atoms. The van der Waals surface area contributed by atoms with Gasteiger partial charge in [0.05, 0.1) is 13.2 Å². The molecule has 0 spiro atoms. The Labute approximate surface area is 118 Å². The van der Waals surface area contributed by atoms with Crippen LogP contribution in [0.4, 0.5) is 0 Å². The molecule has 0 radical (unpaired) electrons.